The molecule has 0 aliphatic heterocycles. The van der Waals surface area contributed by atoms with E-state index in [1.807, 2.05) is 30.3 Å². The second-order valence-corrected chi connectivity index (χ2v) is 5.32. The van der Waals surface area contributed by atoms with Gasteiger partial charge in [0.2, 0.25) is 0 Å². The zero-order valence-electron chi connectivity index (χ0n) is 12.2. The van der Waals surface area contributed by atoms with Gasteiger partial charge in [0.25, 0.3) is 0 Å². The van der Waals surface area contributed by atoms with E-state index >= 15 is 0 Å². The van der Waals surface area contributed by atoms with Gasteiger partial charge in [-0.05, 0) is 29.4 Å². The van der Waals surface area contributed by atoms with Crippen LogP contribution in [0.3, 0.4) is 0 Å². The predicted octanol–water partition coefficient (Wildman–Crippen LogP) is 4.31. The molecule has 0 aliphatic carbocycles. The first kappa shape index (κ1) is 14.9. The molecule has 0 spiro atoms. The predicted molar refractivity (Wildman–Crippen MR) is 82.7 cm³/mol. The summed E-state index contributed by atoms with van der Waals surface area (Å²) in [7, 11) is 0. The average Bonchev–Trinajstić information content (AvgIpc) is 2.50. The van der Waals surface area contributed by atoms with Crippen molar-refractivity contribution in [2.45, 2.75) is 39.2 Å². The van der Waals surface area contributed by atoms with Gasteiger partial charge in [-0.3, -0.25) is 11.3 Å². The minimum atomic E-state index is -0.178. The Kier molecular flexibility index (Phi) is 5.10. The summed E-state index contributed by atoms with van der Waals surface area (Å²) in [6.07, 6.45) is 3.24. The quantitative estimate of drug-likeness (QED) is 0.608. The molecule has 0 radical (unpaired) electrons. The molecular weight excluding hydrogens is 251 g/mol. The molecule has 0 bridgehead atoms. The van der Waals surface area contributed by atoms with Gasteiger partial charge in [0, 0.05) is 11.4 Å². The summed E-state index contributed by atoms with van der Waals surface area (Å²) in [6.45, 7) is 4.40. The minimum absolute atomic E-state index is 0.0606. The third kappa shape index (κ3) is 3.00. The van der Waals surface area contributed by atoms with Crippen molar-refractivity contribution >= 4 is 10.8 Å². The first-order chi connectivity index (χ1) is 9.71. The molecule has 1 atom stereocenters. The average molecular weight is 274 g/mol. The molecule has 2 nitrogen and oxygen atoms in total. The molecule has 2 aromatic carbocycles. The second kappa shape index (κ2) is 6.82. The van der Waals surface area contributed by atoms with E-state index in [-0.39, 0.29) is 11.9 Å². The van der Waals surface area contributed by atoms with Crippen LogP contribution in [0.15, 0.2) is 36.4 Å². The van der Waals surface area contributed by atoms with Crippen LogP contribution in [-0.4, -0.2) is 0 Å². The summed E-state index contributed by atoms with van der Waals surface area (Å²) in [6, 6.07) is 11.0. The first-order valence-corrected chi connectivity index (χ1v) is 7.34. The van der Waals surface area contributed by atoms with Crippen molar-refractivity contribution in [1.29, 1.82) is 0 Å². The molecule has 0 saturated heterocycles. The van der Waals surface area contributed by atoms with Crippen LogP contribution in [0.2, 0.25) is 0 Å². The zero-order valence-corrected chi connectivity index (χ0v) is 12.2. The van der Waals surface area contributed by atoms with E-state index in [0.717, 1.165) is 30.2 Å². The summed E-state index contributed by atoms with van der Waals surface area (Å²) in [5.74, 6) is 6.19. The molecule has 20 heavy (non-hydrogen) atoms. The van der Waals surface area contributed by atoms with Crippen LogP contribution in [0.5, 0.6) is 0 Å². The smallest absolute Gasteiger partial charge is 0.131 e. The molecule has 3 N–H and O–H groups in total. The lowest BCUT2D eigenvalue weighted by atomic mass is 9.89. The monoisotopic (exact) mass is 274 g/mol. The fourth-order valence-electron chi connectivity index (χ4n) is 2.83. The highest BCUT2D eigenvalue weighted by Gasteiger charge is 2.18. The summed E-state index contributed by atoms with van der Waals surface area (Å²) in [5.41, 5.74) is 3.99. The molecule has 0 saturated carbocycles. The molecule has 0 aliphatic rings. The van der Waals surface area contributed by atoms with Crippen LogP contribution in [0.1, 0.15) is 44.7 Å². The molecule has 2 aromatic rings. The number of hydrogen-bond donors (Lipinski definition) is 2. The minimum Gasteiger partial charge on any atom is -0.271 e. The Hall–Kier alpha value is -1.45. The Morgan fingerprint density at radius 1 is 1.05 bits per heavy atom. The number of fused-ring (bicyclic) bond motifs is 1. The second-order valence-electron chi connectivity index (χ2n) is 5.32. The number of halogens is 1. The van der Waals surface area contributed by atoms with Crippen LogP contribution in [0.4, 0.5) is 4.39 Å². The highest BCUT2D eigenvalue weighted by Crippen LogP contribution is 2.31. The van der Waals surface area contributed by atoms with Crippen LogP contribution >= 0.6 is 0 Å². The number of nitrogens with two attached hydrogens (primary N) is 1. The third-order valence-corrected chi connectivity index (χ3v) is 4.20. The van der Waals surface area contributed by atoms with E-state index in [1.54, 1.807) is 0 Å². The maximum Gasteiger partial charge on any atom is 0.131 e. The summed E-state index contributed by atoms with van der Waals surface area (Å²) < 4.78 is 13.9. The van der Waals surface area contributed by atoms with E-state index in [2.05, 4.69) is 19.3 Å². The summed E-state index contributed by atoms with van der Waals surface area (Å²) >= 11 is 0. The van der Waals surface area contributed by atoms with Gasteiger partial charge in [-0.15, -0.1) is 0 Å². The Labute approximate surface area is 120 Å². The van der Waals surface area contributed by atoms with Crippen LogP contribution in [0, 0.1) is 11.7 Å². The normalized spacial score (nSPS) is 13.1. The fourth-order valence-corrected chi connectivity index (χ4v) is 2.83. The number of rotatable bonds is 6. The molecule has 3 heteroatoms. The highest BCUT2D eigenvalue weighted by atomic mass is 19.1. The van der Waals surface area contributed by atoms with Gasteiger partial charge >= 0.3 is 0 Å². The van der Waals surface area contributed by atoms with E-state index in [9.17, 15) is 4.39 Å². The van der Waals surface area contributed by atoms with Crippen molar-refractivity contribution < 1.29 is 4.39 Å². The van der Waals surface area contributed by atoms with E-state index in [0.29, 0.717) is 11.3 Å². The van der Waals surface area contributed by atoms with E-state index in [1.165, 1.54) is 6.07 Å². The Morgan fingerprint density at radius 3 is 2.30 bits per heavy atom. The molecular formula is C17H23FN2. The standard InChI is InChI=1S/C17H23FN2/c1-3-12(4-2)11-17(20-19)15-9-10-16(18)14-8-6-5-7-13(14)15/h5-10,12,17,20H,3-4,11,19H2,1-2H3. The van der Waals surface area contributed by atoms with Gasteiger partial charge in [-0.25, -0.2) is 4.39 Å². The van der Waals surface area contributed by atoms with Crippen LogP contribution in [0.25, 0.3) is 10.8 Å². The molecule has 1 unspecified atom stereocenters. The van der Waals surface area contributed by atoms with Crippen molar-refractivity contribution in [3.8, 4) is 0 Å². The SMILES string of the molecule is CCC(CC)CC(NN)c1ccc(F)c2ccccc12. The number of hydrazine groups is 1. The first-order valence-electron chi connectivity index (χ1n) is 7.34. The maximum atomic E-state index is 13.9. The van der Waals surface area contributed by atoms with Crippen molar-refractivity contribution in [2.75, 3.05) is 0 Å². The van der Waals surface area contributed by atoms with Crippen molar-refractivity contribution in [2.24, 2.45) is 11.8 Å². The number of nitrogens with one attached hydrogen (secondary N) is 1. The highest BCUT2D eigenvalue weighted by molar-refractivity contribution is 5.86. The topological polar surface area (TPSA) is 38.0 Å². The molecule has 2 rings (SSSR count). The van der Waals surface area contributed by atoms with Crippen molar-refractivity contribution in [3.63, 3.8) is 0 Å². The Morgan fingerprint density at radius 2 is 1.70 bits per heavy atom. The molecule has 0 aromatic heterocycles. The number of hydrogen-bond acceptors (Lipinski definition) is 2. The van der Waals surface area contributed by atoms with Gasteiger partial charge in [0.1, 0.15) is 5.82 Å². The van der Waals surface area contributed by atoms with Gasteiger partial charge in [-0.2, -0.15) is 0 Å². The van der Waals surface area contributed by atoms with Gasteiger partial charge in [0.15, 0.2) is 0 Å². The molecule has 108 valence electrons. The Balaban J connectivity index is 2.42. The van der Waals surface area contributed by atoms with E-state index in [4.69, 9.17) is 5.84 Å². The fraction of sp³-hybridized carbons (Fsp3) is 0.412. The van der Waals surface area contributed by atoms with Crippen LogP contribution < -0.4 is 11.3 Å². The van der Waals surface area contributed by atoms with Crippen molar-refractivity contribution in [3.05, 3.63) is 47.8 Å². The lowest BCUT2D eigenvalue weighted by molar-refractivity contribution is 0.376. The summed E-state index contributed by atoms with van der Waals surface area (Å²) in [4.78, 5) is 0. The third-order valence-electron chi connectivity index (χ3n) is 4.20. The van der Waals surface area contributed by atoms with Gasteiger partial charge in [0.05, 0.1) is 0 Å². The molecule has 0 amide bonds. The maximum absolute atomic E-state index is 13.9. The van der Waals surface area contributed by atoms with Crippen molar-refractivity contribution in [1.82, 2.24) is 5.43 Å². The molecule has 0 fully saturated rings. The number of benzene rings is 2. The van der Waals surface area contributed by atoms with Gasteiger partial charge < -0.3 is 0 Å². The lowest BCUT2D eigenvalue weighted by Gasteiger charge is -2.23. The largest absolute Gasteiger partial charge is 0.271 e. The Bertz CT molecular complexity index is 564. The molecule has 0 heterocycles. The van der Waals surface area contributed by atoms with E-state index < -0.39 is 0 Å². The van der Waals surface area contributed by atoms with Gasteiger partial charge in [-0.1, -0.05) is 57.0 Å². The summed E-state index contributed by atoms with van der Waals surface area (Å²) in [5, 5.41) is 1.61. The lowest BCUT2D eigenvalue weighted by Crippen LogP contribution is -2.29. The zero-order chi connectivity index (χ0) is 14.5. The van der Waals surface area contributed by atoms with Crippen LogP contribution in [-0.2, 0) is 0 Å².